The molecule has 0 aliphatic rings. The Hall–Kier alpha value is -0.540. The van der Waals surface area contributed by atoms with Gasteiger partial charge >= 0.3 is 0 Å². The minimum atomic E-state index is 0.227. The van der Waals surface area contributed by atoms with E-state index in [4.69, 9.17) is 23.2 Å². The van der Waals surface area contributed by atoms with E-state index in [1.807, 2.05) is 30.3 Å². The summed E-state index contributed by atoms with van der Waals surface area (Å²) in [4.78, 5) is 0. The summed E-state index contributed by atoms with van der Waals surface area (Å²) < 4.78 is 1.10. The van der Waals surface area contributed by atoms with Crippen LogP contribution < -0.4 is 5.32 Å². The van der Waals surface area contributed by atoms with Gasteiger partial charge in [-0.25, -0.2) is 0 Å². The lowest BCUT2D eigenvalue weighted by atomic mass is 10.1. The fourth-order valence-corrected chi connectivity index (χ4v) is 2.90. The van der Waals surface area contributed by atoms with Crippen LogP contribution in [0.3, 0.4) is 0 Å². The largest absolute Gasteiger partial charge is 0.306 e. The lowest BCUT2D eigenvalue weighted by Crippen LogP contribution is -2.18. The highest BCUT2D eigenvalue weighted by atomic mass is 79.9. The molecule has 0 aliphatic heterocycles. The Morgan fingerprint density at radius 3 is 2.58 bits per heavy atom. The van der Waals surface area contributed by atoms with Crippen LogP contribution in [0.1, 0.15) is 24.1 Å². The summed E-state index contributed by atoms with van der Waals surface area (Å²) in [7, 11) is 0. The molecule has 0 aromatic heterocycles. The van der Waals surface area contributed by atoms with Crippen LogP contribution in [0.2, 0.25) is 10.0 Å². The predicted molar refractivity (Wildman–Crippen MR) is 85.9 cm³/mol. The Morgan fingerprint density at radius 2 is 1.84 bits per heavy atom. The maximum absolute atomic E-state index is 6.17. The van der Waals surface area contributed by atoms with Crippen LogP contribution in [0.25, 0.3) is 0 Å². The SMILES string of the molecule is C[C@@H](NCc1cccc(Cl)c1Cl)c1ccccc1Br. The van der Waals surface area contributed by atoms with Crippen molar-refractivity contribution in [1.29, 1.82) is 0 Å². The summed E-state index contributed by atoms with van der Waals surface area (Å²) in [5.74, 6) is 0. The quantitative estimate of drug-likeness (QED) is 0.749. The molecule has 2 rings (SSSR count). The zero-order chi connectivity index (χ0) is 13.8. The van der Waals surface area contributed by atoms with Crippen LogP contribution in [-0.2, 0) is 6.54 Å². The van der Waals surface area contributed by atoms with Crippen molar-refractivity contribution >= 4 is 39.1 Å². The van der Waals surface area contributed by atoms with Crippen molar-refractivity contribution < 1.29 is 0 Å². The number of benzene rings is 2. The van der Waals surface area contributed by atoms with Gasteiger partial charge in [-0.3, -0.25) is 0 Å². The van der Waals surface area contributed by atoms with Gasteiger partial charge in [0.2, 0.25) is 0 Å². The summed E-state index contributed by atoms with van der Waals surface area (Å²) in [5, 5.41) is 4.66. The van der Waals surface area contributed by atoms with Gasteiger partial charge in [-0.05, 0) is 30.2 Å². The normalized spacial score (nSPS) is 12.4. The highest BCUT2D eigenvalue weighted by Crippen LogP contribution is 2.27. The van der Waals surface area contributed by atoms with Gasteiger partial charge in [0.05, 0.1) is 10.0 Å². The minimum Gasteiger partial charge on any atom is -0.306 e. The van der Waals surface area contributed by atoms with Gasteiger partial charge in [0.15, 0.2) is 0 Å². The summed E-state index contributed by atoms with van der Waals surface area (Å²) >= 11 is 15.7. The summed E-state index contributed by atoms with van der Waals surface area (Å²) in [6, 6.07) is 14.1. The minimum absolute atomic E-state index is 0.227. The van der Waals surface area contributed by atoms with Crippen molar-refractivity contribution in [1.82, 2.24) is 5.32 Å². The first kappa shape index (κ1) is 14.9. The van der Waals surface area contributed by atoms with Gasteiger partial charge in [0, 0.05) is 17.1 Å². The molecule has 0 unspecified atom stereocenters. The van der Waals surface area contributed by atoms with Crippen molar-refractivity contribution in [2.45, 2.75) is 19.5 Å². The molecule has 2 aromatic rings. The van der Waals surface area contributed by atoms with Crippen LogP contribution >= 0.6 is 39.1 Å². The maximum atomic E-state index is 6.17. The van der Waals surface area contributed by atoms with E-state index >= 15 is 0 Å². The predicted octanol–water partition coefficient (Wildman–Crippen LogP) is 5.61. The zero-order valence-corrected chi connectivity index (χ0v) is 13.6. The fraction of sp³-hybridized carbons (Fsp3) is 0.200. The number of hydrogen-bond donors (Lipinski definition) is 1. The molecule has 19 heavy (non-hydrogen) atoms. The Balaban J connectivity index is 2.07. The van der Waals surface area contributed by atoms with Crippen molar-refractivity contribution in [3.63, 3.8) is 0 Å². The molecule has 0 saturated carbocycles. The summed E-state index contributed by atoms with van der Waals surface area (Å²) in [5.41, 5.74) is 2.23. The van der Waals surface area contributed by atoms with E-state index < -0.39 is 0 Å². The van der Waals surface area contributed by atoms with Crippen molar-refractivity contribution in [2.24, 2.45) is 0 Å². The second-order valence-corrected chi connectivity index (χ2v) is 5.98. The van der Waals surface area contributed by atoms with Crippen LogP contribution in [0, 0.1) is 0 Å². The number of halogens is 3. The Labute approximate surface area is 132 Å². The third kappa shape index (κ3) is 3.73. The van der Waals surface area contributed by atoms with Crippen LogP contribution in [0.4, 0.5) is 0 Å². The topological polar surface area (TPSA) is 12.0 Å². The van der Waals surface area contributed by atoms with E-state index in [1.54, 1.807) is 6.07 Å². The molecule has 4 heteroatoms. The Morgan fingerprint density at radius 1 is 1.11 bits per heavy atom. The standard InChI is InChI=1S/C15H14BrCl2N/c1-10(12-6-2-3-7-13(12)16)19-9-11-5-4-8-14(17)15(11)18/h2-8,10,19H,9H2,1H3/t10-/m1/s1. The number of rotatable bonds is 4. The number of nitrogens with one attached hydrogen (secondary N) is 1. The Bertz CT molecular complexity index is 572. The molecule has 0 fully saturated rings. The second-order valence-electron chi connectivity index (χ2n) is 4.34. The highest BCUT2D eigenvalue weighted by Gasteiger charge is 2.10. The van der Waals surface area contributed by atoms with Gasteiger partial charge in [0.1, 0.15) is 0 Å². The summed E-state index contributed by atoms with van der Waals surface area (Å²) in [6.45, 7) is 2.81. The van der Waals surface area contributed by atoms with Gasteiger partial charge in [0.25, 0.3) is 0 Å². The molecule has 0 bridgehead atoms. The van der Waals surface area contributed by atoms with Gasteiger partial charge in [-0.15, -0.1) is 0 Å². The third-order valence-corrected chi connectivity index (χ3v) is 4.58. The second kappa shape index (κ2) is 6.76. The molecule has 1 nitrogen and oxygen atoms in total. The van der Waals surface area contributed by atoms with Crippen LogP contribution in [0.5, 0.6) is 0 Å². The average molecular weight is 359 g/mol. The van der Waals surface area contributed by atoms with Crippen molar-refractivity contribution in [2.75, 3.05) is 0 Å². The van der Waals surface area contributed by atoms with E-state index in [9.17, 15) is 0 Å². The molecule has 0 aliphatic carbocycles. The monoisotopic (exact) mass is 357 g/mol. The molecule has 0 spiro atoms. The Kier molecular flexibility index (Phi) is 5.28. The average Bonchev–Trinajstić information content (AvgIpc) is 2.40. The molecule has 100 valence electrons. The van der Waals surface area contributed by atoms with E-state index in [1.165, 1.54) is 5.56 Å². The first-order valence-electron chi connectivity index (χ1n) is 6.00. The molecule has 1 N–H and O–H groups in total. The lowest BCUT2D eigenvalue weighted by Gasteiger charge is -2.16. The maximum Gasteiger partial charge on any atom is 0.0637 e. The van der Waals surface area contributed by atoms with Crippen molar-refractivity contribution in [3.05, 3.63) is 68.1 Å². The molecule has 0 amide bonds. The van der Waals surface area contributed by atoms with Crippen LogP contribution in [-0.4, -0.2) is 0 Å². The van der Waals surface area contributed by atoms with Crippen molar-refractivity contribution in [3.8, 4) is 0 Å². The lowest BCUT2D eigenvalue weighted by molar-refractivity contribution is 0.573. The zero-order valence-electron chi connectivity index (χ0n) is 10.5. The first-order chi connectivity index (χ1) is 9.09. The molecule has 1 atom stereocenters. The van der Waals surface area contributed by atoms with E-state index in [2.05, 4.69) is 34.2 Å². The number of hydrogen-bond acceptors (Lipinski definition) is 1. The summed E-state index contributed by atoms with van der Waals surface area (Å²) in [6.07, 6.45) is 0. The van der Waals surface area contributed by atoms with Crippen LogP contribution in [0.15, 0.2) is 46.9 Å². The molecule has 2 aromatic carbocycles. The first-order valence-corrected chi connectivity index (χ1v) is 7.55. The van der Waals surface area contributed by atoms with Gasteiger partial charge < -0.3 is 5.32 Å². The molecular formula is C15H14BrCl2N. The molecule has 0 heterocycles. The molecule has 0 radical (unpaired) electrons. The third-order valence-electron chi connectivity index (χ3n) is 3.00. The molecule has 0 saturated heterocycles. The highest BCUT2D eigenvalue weighted by molar-refractivity contribution is 9.10. The van der Waals surface area contributed by atoms with E-state index in [0.29, 0.717) is 16.6 Å². The van der Waals surface area contributed by atoms with Gasteiger partial charge in [-0.2, -0.15) is 0 Å². The smallest absolute Gasteiger partial charge is 0.0637 e. The fourth-order valence-electron chi connectivity index (χ4n) is 1.88. The van der Waals surface area contributed by atoms with Gasteiger partial charge in [-0.1, -0.05) is 69.5 Å². The molecular weight excluding hydrogens is 345 g/mol. The van der Waals surface area contributed by atoms with E-state index in [-0.39, 0.29) is 6.04 Å². The van der Waals surface area contributed by atoms with E-state index in [0.717, 1.165) is 10.0 Å².